The third-order valence-corrected chi connectivity index (χ3v) is 4.43. The lowest BCUT2D eigenvalue weighted by atomic mass is 10.1. The second-order valence-corrected chi connectivity index (χ2v) is 6.21. The lowest BCUT2D eigenvalue weighted by Crippen LogP contribution is -2.01. The molecule has 0 fully saturated rings. The highest BCUT2D eigenvalue weighted by molar-refractivity contribution is 7.13. The molecule has 0 aliphatic carbocycles. The second-order valence-electron chi connectivity index (χ2n) is 5.35. The molecule has 2 aromatic carbocycles. The topological polar surface area (TPSA) is 39.2 Å². The van der Waals surface area contributed by atoms with Crippen molar-refractivity contribution in [3.05, 3.63) is 70.7 Å². The van der Waals surface area contributed by atoms with Crippen molar-refractivity contribution in [3.63, 3.8) is 0 Å². The molecule has 0 bridgehead atoms. The maximum Gasteiger partial charge on any atom is 0.163 e. The number of thiazole rings is 1. The fraction of sp³-hybridized carbons (Fsp3) is 0.158. The highest BCUT2D eigenvalue weighted by atomic mass is 32.1. The molecule has 23 heavy (non-hydrogen) atoms. The number of aryl methyl sites for hydroxylation is 1. The first-order chi connectivity index (χ1) is 11.1. The van der Waals surface area contributed by atoms with Gasteiger partial charge in [0.25, 0.3) is 0 Å². The molecule has 4 heteroatoms. The van der Waals surface area contributed by atoms with Crippen LogP contribution in [0.2, 0.25) is 0 Å². The van der Waals surface area contributed by atoms with Crippen molar-refractivity contribution in [2.24, 2.45) is 0 Å². The number of rotatable bonds is 5. The minimum absolute atomic E-state index is 0.000720. The van der Waals surface area contributed by atoms with E-state index in [9.17, 15) is 4.79 Å². The molecule has 0 unspecified atom stereocenters. The predicted octanol–water partition coefficient (Wildman–Crippen LogP) is 4.90. The van der Waals surface area contributed by atoms with Gasteiger partial charge in [0, 0.05) is 10.9 Å². The lowest BCUT2D eigenvalue weighted by molar-refractivity contribution is 0.101. The van der Waals surface area contributed by atoms with Gasteiger partial charge in [0.15, 0.2) is 5.78 Å². The van der Waals surface area contributed by atoms with E-state index >= 15 is 0 Å². The first-order valence-corrected chi connectivity index (χ1v) is 8.25. The fourth-order valence-corrected chi connectivity index (χ4v) is 3.05. The van der Waals surface area contributed by atoms with Crippen LogP contribution in [-0.2, 0) is 6.61 Å². The Morgan fingerprint density at radius 1 is 1.13 bits per heavy atom. The summed E-state index contributed by atoms with van der Waals surface area (Å²) in [6, 6.07) is 15.6. The maximum atomic E-state index is 11.6. The molecule has 0 atom stereocenters. The molecule has 116 valence electrons. The molecule has 0 radical (unpaired) electrons. The van der Waals surface area contributed by atoms with Crippen molar-refractivity contribution in [1.82, 2.24) is 4.98 Å². The molecule has 0 aliphatic rings. The summed E-state index contributed by atoms with van der Waals surface area (Å²) >= 11 is 1.60. The molecule has 0 saturated heterocycles. The van der Waals surface area contributed by atoms with Crippen LogP contribution in [0.5, 0.6) is 5.75 Å². The van der Waals surface area contributed by atoms with Crippen molar-refractivity contribution in [1.29, 1.82) is 0 Å². The number of benzene rings is 2. The van der Waals surface area contributed by atoms with Crippen LogP contribution in [0.25, 0.3) is 10.6 Å². The average Bonchev–Trinajstić information content (AvgIpc) is 3.03. The van der Waals surface area contributed by atoms with Gasteiger partial charge in [0.2, 0.25) is 0 Å². The summed E-state index contributed by atoms with van der Waals surface area (Å²) in [5.74, 6) is 0.601. The second kappa shape index (κ2) is 6.75. The summed E-state index contributed by atoms with van der Waals surface area (Å²) in [6.45, 7) is 3.96. The summed E-state index contributed by atoms with van der Waals surface area (Å²) in [5.41, 5.74) is 3.80. The fourth-order valence-electron chi connectivity index (χ4n) is 2.24. The molecule has 3 rings (SSSR count). The summed E-state index contributed by atoms with van der Waals surface area (Å²) in [4.78, 5) is 16.2. The molecule has 1 aromatic heterocycles. The Morgan fingerprint density at radius 2 is 1.87 bits per heavy atom. The number of ketones is 1. The number of hydrogen-bond acceptors (Lipinski definition) is 4. The van der Waals surface area contributed by atoms with Gasteiger partial charge in [-0.25, -0.2) is 4.98 Å². The minimum Gasteiger partial charge on any atom is -0.487 e. The monoisotopic (exact) mass is 323 g/mol. The zero-order valence-electron chi connectivity index (χ0n) is 13.1. The van der Waals surface area contributed by atoms with Crippen LogP contribution in [0.3, 0.4) is 0 Å². The lowest BCUT2D eigenvalue weighted by Gasteiger charge is -2.08. The first kappa shape index (κ1) is 15.4. The van der Waals surface area contributed by atoms with Crippen molar-refractivity contribution >= 4 is 17.1 Å². The molecule has 0 spiro atoms. The highest BCUT2D eigenvalue weighted by Gasteiger charge is 2.09. The standard InChI is InChI=1S/C19H17NO2S/c1-13-7-9-15(10-8-13)19-20-16(12-23-19)11-22-18-6-4-3-5-17(18)14(2)21/h3-10,12H,11H2,1-2H3. The smallest absolute Gasteiger partial charge is 0.163 e. The van der Waals surface area contributed by atoms with E-state index in [1.807, 2.05) is 23.6 Å². The minimum atomic E-state index is -0.000720. The van der Waals surface area contributed by atoms with Crippen LogP contribution in [-0.4, -0.2) is 10.8 Å². The van der Waals surface area contributed by atoms with Gasteiger partial charge >= 0.3 is 0 Å². The van der Waals surface area contributed by atoms with Crippen LogP contribution >= 0.6 is 11.3 Å². The summed E-state index contributed by atoms with van der Waals surface area (Å²) < 4.78 is 5.78. The Labute approximate surface area is 139 Å². The number of nitrogens with zero attached hydrogens (tertiary/aromatic N) is 1. The van der Waals surface area contributed by atoms with Crippen molar-refractivity contribution < 1.29 is 9.53 Å². The van der Waals surface area contributed by atoms with Gasteiger partial charge in [-0.05, 0) is 26.0 Å². The van der Waals surface area contributed by atoms with Crippen LogP contribution in [0.15, 0.2) is 53.9 Å². The van der Waals surface area contributed by atoms with Gasteiger partial charge in [-0.2, -0.15) is 0 Å². The highest BCUT2D eigenvalue weighted by Crippen LogP contribution is 2.25. The van der Waals surface area contributed by atoms with Crippen LogP contribution in [0, 0.1) is 6.92 Å². The number of carbonyl (C=O) groups excluding carboxylic acids is 1. The molecule has 0 N–H and O–H groups in total. The molecule has 1 heterocycles. The summed E-state index contributed by atoms with van der Waals surface area (Å²) in [5, 5.41) is 2.97. The summed E-state index contributed by atoms with van der Waals surface area (Å²) in [6.07, 6.45) is 0. The Hall–Kier alpha value is -2.46. The van der Waals surface area contributed by atoms with Gasteiger partial charge < -0.3 is 4.74 Å². The third kappa shape index (κ3) is 3.66. The van der Waals surface area contributed by atoms with Gasteiger partial charge in [-0.15, -0.1) is 11.3 Å². The number of carbonyl (C=O) groups is 1. The predicted molar refractivity (Wildman–Crippen MR) is 93.1 cm³/mol. The summed E-state index contributed by atoms with van der Waals surface area (Å²) in [7, 11) is 0. The van der Waals surface area contributed by atoms with E-state index in [0.29, 0.717) is 17.9 Å². The number of hydrogen-bond donors (Lipinski definition) is 0. The Balaban J connectivity index is 1.73. The van der Waals surface area contributed by atoms with E-state index in [-0.39, 0.29) is 5.78 Å². The van der Waals surface area contributed by atoms with E-state index in [1.165, 1.54) is 5.56 Å². The van der Waals surface area contributed by atoms with Gasteiger partial charge in [-0.3, -0.25) is 4.79 Å². The normalized spacial score (nSPS) is 10.5. The largest absolute Gasteiger partial charge is 0.487 e. The van der Waals surface area contributed by atoms with E-state index in [1.54, 1.807) is 24.3 Å². The molecular weight excluding hydrogens is 306 g/mol. The van der Waals surface area contributed by atoms with Crippen molar-refractivity contribution in [2.45, 2.75) is 20.5 Å². The Morgan fingerprint density at radius 3 is 2.61 bits per heavy atom. The van der Waals surface area contributed by atoms with E-state index in [0.717, 1.165) is 16.3 Å². The molecule has 0 amide bonds. The molecule has 3 aromatic rings. The van der Waals surface area contributed by atoms with Crippen molar-refractivity contribution in [3.8, 4) is 16.3 Å². The van der Waals surface area contributed by atoms with E-state index < -0.39 is 0 Å². The average molecular weight is 323 g/mol. The van der Waals surface area contributed by atoms with E-state index in [4.69, 9.17) is 4.74 Å². The number of ether oxygens (including phenoxy) is 1. The molecule has 0 saturated carbocycles. The molecule has 3 nitrogen and oxygen atoms in total. The van der Waals surface area contributed by atoms with E-state index in [2.05, 4.69) is 36.2 Å². The van der Waals surface area contributed by atoms with Crippen LogP contribution < -0.4 is 4.74 Å². The quantitative estimate of drug-likeness (QED) is 0.627. The number of aromatic nitrogens is 1. The van der Waals surface area contributed by atoms with Crippen LogP contribution in [0.1, 0.15) is 28.5 Å². The SMILES string of the molecule is CC(=O)c1ccccc1OCc1csc(-c2ccc(C)cc2)n1. The number of para-hydroxylation sites is 1. The van der Waals surface area contributed by atoms with Crippen molar-refractivity contribution in [2.75, 3.05) is 0 Å². The van der Waals surface area contributed by atoms with Crippen LogP contribution in [0.4, 0.5) is 0 Å². The zero-order valence-corrected chi connectivity index (χ0v) is 13.9. The van der Waals surface area contributed by atoms with Gasteiger partial charge in [0.1, 0.15) is 17.4 Å². The Bertz CT molecular complexity index is 821. The van der Waals surface area contributed by atoms with Gasteiger partial charge in [0.05, 0.1) is 11.3 Å². The van der Waals surface area contributed by atoms with Gasteiger partial charge in [-0.1, -0.05) is 42.0 Å². The molecule has 0 aliphatic heterocycles. The molecular formula is C19H17NO2S. The Kier molecular flexibility index (Phi) is 4.53. The first-order valence-electron chi connectivity index (χ1n) is 7.37. The number of Topliss-reactive ketones (excluding diaryl/α,β-unsaturated/α-hetero) is 1. The zero-order chi connectivity index (χ0) is 16.2. The maximum absolute atomic E-state index is 11.6. The third-order valence-electron chi connectivity index (χ3n) is 3.49.